The first kappa shape index (κ1) is 13.5. The molecule has 2 rings (SSSR count). The third kappa shape index (κ3) is 3.29. The van der Waals surface area contributed by atoms with E-state index >= 15 is 0 Å². The topological polar surface area (TPSA) is 80.9 Å². The van der Waals surface area contributed by atoms with Crippen LogP contribution < -0.4 is 11.1 Å². The largest absolute Gasteiger partial charge is 0.397 e. The molecule has 0 saturated carbocycles. The van der Waals surface area contributed by atoms with E-state index in [0.717, 1.165) is 5.69 Å². The molecule has 0 spiro atoms. The molecule has 19 heavy (non-hydrogen) atoms. The van der Waals surface area contributed by atoms with Crippen molar-refractivity contribution in [3.63, 3.8) is 0 Å². The lowest BCUT2D eigenvalue weighted by molar-refractivity contribution is 0.102. The number of nitrogens with two attached hydrogens (primary N) is 1. The fraction of sp³-hybridized carbons (Fsp3) is 0.308. The number of nitrogen functional groups attached to an aromatic ring is 1. The van der Waals surface area contributed by atoms with Gasteiger partial charge in [-0.05, 0) is 12.1 Å². The lowest BCUT2D eigenvalue weighted by Gasteiger charge is -2.14. The van der Waals surface area contributed by atoms with Crippen LogP contribution in [0.3, 0.4) is 0 Å². The highest BCUT2D eigenvalue weighted by molar-refractivity contribution is 7.14. The number of carbonyl (C=O) groups is 1. The maximum absolute atomic E-state index is 11.9. The Morgan fingerprint density at radius 3 is 2.63 bits per heavy atom. The summed E-state index contributed by atoms with van der Waals surface area (Å²) in [6.45, 7) is 6.24. The zero-order chi connectivity index (χ0) is 14.0. The summed E-state index contributed by atoms with van der Waals surface area (Å²) in [6.07, 6.45) is 1.46. The van der Waals surface area contributed by atoms with Crippen LogP contribution in [-0.4, -0.2) is 15.9 Å². The number of anilines is 2. The van der Waals surface area contributed by atoms with Crippen LogP contribution in [0.15, 0.2) is 23.7 Å². The number of thiazole rings is 1. The van der Waals surface area contributed by atoms with Gasteiger partial charge in [-0.25, -0.2) is 9.97 Å². The minimum absolute atomic E-state index is 0.0288. The van der Waals surface area contributed by atoms with Crippen LogP contribution in [0.4, 0.5) is 10.8 Å². The van der Waals surface area contributed by atoms with Gasteiger partial charge in [0.05, 0.1) is 17.6 Å². The Labute approximate surface area is 115 Å². The van der Waals surface area contributed by atoms with Gasteiger partial charge in [-0.2, -0.15) is 0 Å². The van der Waals surface area contributed by atoms with Crippen LogP contribution in [0.25, 0.3) is 0 Å². The molecule has 5 nitrogen and oxygen atoms in total. The Morgan fingerprint density at radius 1 is 1.37 bits per heavy atom. The van der Waals surface area contributed by atoms with Crippen LogP contribution >= 0.6 is 11.3 Å². The molecule has 100 valence electrons. The number of hydrogen-bond acceptors (Lipinski definition) is 5. The quantitative estimate of drug-likeness (QED) is 0.883. The van der Waals surface area contributed by atoms with Gasteiger partial charge in [0.1, 0.15) is 5.69 Å². The molecule has 3 N–H and O–H groups in total. The Morgan fingerprint density at radius 2 is 2.11 bits per heavy atom. The maximum atomic E-state index is 11.9. The summed E-state index contributed by atoms with van der Waals surface area (Å²) in [5.41, 5.74) is 7.30. The molecule has 0 atom stereocenters. The number of pyridine rings is 1. The van der Waals surface area contributed by atoms with Crippen molar-refractivity contribution >= 4 is 28.1 Å². The molecule has 2 heterocycles. The second kappa shape index (κ2) is 4.97. The van der Waals surface area contributed by atoms with Gasteiger partial charge in [0.15, 0.2) is 5.13 Å². The summed E-state index contributed by atoms with van der Waals surface area (Å²) < 4.78 is 0. The van der Waals surface area contributed by atoms with Crippen LogP contribution in [0, 0.1) is 0 Å². The summed E-state index contributed by atoms with van der Waals surface area (Å²) in [5.74, 6) is -0.283. The summed E-state index contributed by atoms with van der Waals surface area (Å²) in [6, 6.07) is 3.23. The van der Waals surface area contributed by atoms with Gasteiger partial charge in [-0.3, -0.25) is 10.1 Å². The fourth-order valence-electron chi connectivity index (χ4n) is 1.38. The number of rotatable bonds is 2. The average Bonchev–Trinajstić information content (AvgIpc) is 2.78. The molecule has 0 aliphatic rings. The van der Waals surface area contributed by atoms with Crippen molar-refractivity contribution < 1.29 is 4.79 Å². The second-order valence-electron chi connectivity index (χ2n) is 5.22. The normalized spacial score (nSPS) is 11.3. The van der Waals surface area contributed by atoms with Crippen molar-refractivity contribution in [2.24, 2.45) is 0 Å². The van der Waals surface area contributed by atoms with Crippen LogP contribution in [-0.2, 0) is 5.41 Å². The van der Waals surface area contributed by atoms with Gasteiger partial charge in [0.25, 0.3) is 5.91 Å². The molecule has 0 aromatic carbocycles. The highest BCUT2D eigenvalue weighted by atomic mass is 32.1. The lowest BCUT2D eigenvalue weighted by atomic mass is 9.93. The van der Waals surface area contributed by atoms with E-state index in [1.807, 2.05) is 5.38 Å². The molecule has 1 amide bonds. The summed E-state index contributed by atoms with van der Waals surface area (Å²) in [5, 5.41) is 5.26. The lowest BCUT2D eigenvalue weighted by Crippen LogP contribution is -2.15. The molecular formula is C13H16N4OS. The SMILES string of the molecule is CC(C)(C)c1csc(NC(=O)c2ccc(N)cn2)n1. The molecule has 0 aliphatic carbocycles. The van der Waals surface area contributed by atoms with Crippen LogP contribution in [0.5, 0.6) is 0 Å². The van der Waals surface area contributed by atoms with E-state index in [1.165, 1.54) is 17.5 Å². The fourth-order valence-corrected chi connectivity index (χ4v) is 2.31. The van der Waals surface area contributed by atoms with E-state index < -0.39 is 0 Å². The smallest absolute Gasteiger partial charge is 0.276 e. The van der Waals surface area contributed by atoms with Crippen molar-refractivity contribution in [1.29, 1.82) is 0 Å². The summed E-state index contributed by atoms with van der Waals surface area (Å²) in [4.78, 5) is 20.3. The minimum atomic E-state index is -0.283. The molecule has 2 aromatic rings. The number of aromatic nitrogens is 2. The van der Waals surface area contributed by atoms with Crippen molar-refractivity contribution in [2.75, 3.05) is 11.1 Å². The monoisotopic (exact) mass is 276 g/mol. The van der Waals surface area contributed by atoms with Gasteiger partial charge >= 0.3 is 0 Å². The van der Waals surface area contributed by atoms with E-state index in [0.29, 0.717) is 16.5 Å². The standard InChI is InChI=1S/C13H16N4OS/c1-13(2,3)10-7-19-12(16-10)17-11(18)9-5-4-8(14)6-15-9/h4-7H,14H2,1-3H3,(H,16,17,18). The van der Waals surface area contributed by atoms with Crippen molar-refractivity contribution in [2.45, 2.75) is 26.2 Å². The van der Waals surface area contributed by atoms with E-state index in [9.17, 15) is 4.79 Å². The predicted molar refractivity (Wildman–Crippen MR) is 77.4 cm³/mol. The van der Waals surface area contributed by atoms with Gasteiger partial charge < -0.3 is 5.73 Å². The maximum Gasteiger partial charge on any atom is 0.276 e. The van der Waals surface area contributed by atoms with Crippen molar-refractivity contribution in [1.82, 2.24) is 9.97 Å². The molecule has 2 aromatic heterocycles. The van der Waals surface area contributed by atoms with E-state index in [-0.39, 0.29) is 11.3 Å². The zero-order valence-corrected chi connectivity index (χ0v) is 11.9. The Kier molecular flexibility index (Phi) is 3.53. The second-order valence-corrected chi connectivity index (χ2v) is 6.08. The molecule has 0 unspecified atom stereocenters. The number of nitrogens with zero attached hydrogens (tertiary/aromatic N) is 2. The van der Waals surface area contributed by atoms with E-state index in [4.69, 9.17) is 5.73 Å². The van der Waals surface area contributed by atoms with Crippen molar-refractivity contribution in [3.05, 3.63) is 35.1 Å². The molecule has 0 bridgehead atoms. The van der Waals surface area contributed by atoms with Crippen molar-refractivity contribution in [3.8, 4) is 0 Å². The van der Waals surface area contributed by atoms with Crippen LogP contribution in [0.1, 0.15) is 37.0 Å². The number of amides is 1. The molecular weight excluding hydrogens is 260 g/mol. The summed E-state index contributed by atoms with van der Waals surface area (Å²) in [7, 11) is 0. The Bertz CT molecular complexity index is 583. The molecule has 0 radical (unpaired) electrons. The molecule has 0 fully saturated rings. The molecule has 0 aliphatic heterocycles. The third-order valence-corrected chi connectivity index (χ3v) is 3.27. The van der Waals surface area contributed by atoms with E-state index in [2.05, 4.69) is 36.1 Å². The summed E-state index contributed by atoms with van der Waals surface area (Å²) >= 11 is 1.41. The van der Waals surface area contributed by atoms with Gasteiger partial charge in [0, 0.05) is 10.8 Å². The first-order chi connectivity index (χ1) is 8.86. The average molecular weight is 276 g/mol. The van der Waals surface area contributed by atoms with E-state index in [1.54, 1.807) is 12.1 Å². The number of carbonyl (C=O) groups excluding carboxylic acids is 1. The number of nitrogens with one attached hydrogen (secondary N) is 1. The van der Waals surface area contributed by atoms with Gasteiger partial charge in [-0.1, -0.05) is 20.8 Å². The first-order valence-electron chi connectivity index (χ1n) is 5.85. The minimum Gasteiger partial charge on any atom is -0.397 e. The molecule has 6 heteroatoms. The molecule has 0 saturated heterocycles. The highest BCUT2D eigenvalue weighted by Gasteiger charge is 2.18. The zero-order valence-electron chi connectivity index (χ0n) is 11.1. The van der Waals surface area contributed by atoms with Crippen LogP contribution in [0.2, 0.25) is 0 Å². The van der Waals surface area contributed by atoms with Gasteiger partial charge in [-0.15, -0.1) is 11.3 Å². The number of hydrogen-bond donors (Lipinski definition) is 2. The first-order valence-corrected chi connectivity index (χ1v) is 6.73. The highest BCUT2D eigenvalue weighted by Crippen LogP contribution is 2.26. The third-order valence-electron chi connectivity index (χ3n) is 2.51. The van der Waals surface area contributed by atoms with Gasteiger partial charge in [0.2, 0.25) is 0 Å². The Hall–Kier alpha value is -1.95. The predicted octanol–water partition coefficient (Wildman–Crippen LogP) is 2.67. The Balaban J connectivity index is 2.11.